The lowest BCUT2D eigenvalue weighted by atomic mass is 10.1. The minimum Gasteiger partial charge on any atom is -0.324 e. The molecule has 3 aromatic carbocycles. The van der Waals surface area contributed by atoms with Crippen LogP contribution in [-0.4, -0.2) is 37.9 Å². The highest BCUT2D eigenvalue weighted by Gasteiger charge is 2.22. The molecule has 0 atom stereocenters. The van der Waals surface area contributed by atoms with Crippen LogP contribution in [0, 0.1) is 0 Å². The third kappa shape index (κ3) is 3.07. The molecule has 0 aromatic heterocycles. The first kappa shape index (κ1) is 16.8. The fourth-order valence-corrected chi connectivity index (χ4v) is 3.88. The van der Waals surface area contributed by atoms with Gasteiger partial charge in [0.1, 0.15) is 11.7 Å². The van der Waals surface area contributed by atoms with Crippen LogP contribution in [0.3, 0.4) is 0 Å². The third-order valence-corrected chi connectivity index (χ3v) is 5.22. The van der Waals surface area contributed by atoms with E-state index in [1.165, 1.54) is 11.4 Å². The molecule has 0 radical (unpaired) electrons. The predicted octanol–water partition coefficient (Wildman–Crippen LogP) is 4.22. The van der Waals surface area contributed by atoms with Gasteiger partial charge in [-0.1, -0.05) is 60.7 Å². The molecule has 3 aromatic rings. The monoisotopic (exact) mass is 366 g/mol. The number of anilines is 2. The molecule has 0 unspecified atom stereocenters. The van der Waals surface area contributed by atoms with Crippen molar-refractivity contribution in [3.05, 3.63) is 96.1 Å². The standard InChI is InChI=1S/C24H22N4/c1-3-7-21(8-4-1)27-17-15-25-23(27)19-11-13-20(14-12-19)24-26-16-18-28(24)22-9-5-2-6-10-22/h1-14H,15-18H2. The van der Waals surface area contributed by atoms with Gasteiger partial charge in [0, 0.05) is 35.6 Å². The van der Waals surface area contributed by atoms with Crippen LogP contribution in [0.2, 0.25) is 0 Å². The Labute approximate surface area is 165 Å². The van der Waals surface area contributed by atoms with Crippen LogP contribution in [0.25, 0.3) is 0 Å². The van der Waals surface area contributed by atoms with Crippen molar-refractivity contribution in [3.8, 4) is 0 Å². The van der Waals surface area contributed by atoms with Gasteiger partial charge in [-0.25, -0.2) is 0 Å². The van der Waals surface area contributed by atoms with Gasteiger partial charge in [-0.2, -0.15) is 0 Å². The topological polar surface area (TPSA) is 31.2 Å². The van der Waals surface area contributed by atoms with Crippen LogP contribution in [-0.2, 0) is 0 Å². The Morgan fingerprint density at radius 2 is 0.893 bits per heavy atom. The van der Waals surface area contributed by atoms with Gasteiger partial charge in [-0.15, -0.1) is 0 Å². The maximum Gasteiger partial charge on any atom is 0.135 e. The van der Waals surface area contributed by atoms with Gasteiger partial charge in [-0.3, -0.25) is 9.98 Å². The lowest BCUT2D eigenvalue weighted by Crippen LogP contribution is -2.29. The SMILES string of the molecule is c1ccc(N2CCN=C2c2ccc(C3=NCCN3c3ccccc3)cc2)cc1. The van der Waals surface area contributed by atoms with Gasteiger partial charge in [0.05, 0.1) is 13.1 Å². The number of amidine groups is 2. The molecule has 4 nitrogen and oxygen atoms in total. The van der Waals surface area contributed by atoms with Crippen molar-refractivity contribution in [2.45, 2.75) is 0 Å². The van der Waals surface area contributed by atoms with E-state index in [9.17, 15) is 0 Å². The highest BCUT2D eigenvalue weighted by Crippen LogP contribution is 2.23. The molecule has 4 heteroatoms. The van der Waals surface area contributed by atoms with Gasteiger partial charge >= 0.3 is 0 Å². The first-order valence-electron chi connectivity index (χ1n) is 9.75. The van der Waals surface area contributed by atoms with E-state index in [1.54, 1.807) is 0 Å². The molecule has 0 N–H and O–H groups in total. The Balaban J connectivity index is 1.40. The molecule has 2 heterocycles. The van der Waals surface area contributed by atoms with Crippen molar-refractivity contribution in [2.24, 2.45) is 9.98 Å². The summed E-state index contributed by atoms with van der Waals surface area (Å²) in [4.78, 5) is 14.1. The summed E-state index contributed by atoms with van der Waals surface area (Å²) in [5.74, 6) is 2.09. The Bertz CT molecular complexity index is 923. The van der Waals surface area contributed by atoms with Crippen LogP contribution in [0.5, 0.6) is 0 Å². The van der Waals surface area contributed by atoms with Crippen molar-refractivity contribution in [2.75, 3.05) is 36.0 Å². The second-order valence-electron chi connectivity index (χ2n) is 6.96. The summed E-state index contributed by atoms with van der Waals surface area (Å²) in [6.07, 6.45) is 0. The fourth-order valence-electron chi connectivity index (χ4n) is 3.88. The highest BCUT2D eigenvalue weighted by molar-refractivity contribution is 6.13. The zero-order valence-corrected chi connectivity index (χ0v) is 15.7. The van der Waals surface area contributed by atoms with Crippen LogP contribution in [0.1, 0.15) is 11.1 Å². The lowest BCUT2D eigenvalue weighted by Gasteiger charge is -2.22. The van der Waals surface area contributed by atoms with Crippen molar-refractivity contribution >= 4 is 23.0 Å². The molecule has 138 valence electrons. The number of benzene rings is 3. The molecule has 5 rings (SSSR count). The minimum atomic E-state index is 0.834. The van der Waals surface area contributed by atoms with Gasteiger partial charge in [-0.05, 0) is 24.3 Å². The maximum absolute atomic E-state index is 4.76. The van der Waals surface area contributed by atoms with E-state index in [1.807, 2.05) is 12.1 Å². The average molecular weight is 366 g/mol. The molecular formula is C24H22N4. The van der Waals surface area contributed by atoms with E-state index in [4.69, 9.17) is 9.98 Å². The van der Waals surface area contributed by atoms with Gasteiger partial charge in [0.15, 0.2) is 0 Å². The Hall–Kier alpha value is -3.40. The molecule has 2 aliphatic rings. The lowest BCUT2D eigenvalue weighted by molar-refractivity contribution is 1.02. The molecule has 0 spiro atoms. The Kier molecular flexibility index (Phi) is 4.37. The molecule has 0 fully saturated rings. The van der Waals surface area contributed by atoms with Crippen molar-refractivity contribution in [1.82, 2.24) is 0 Å². The number of nitrogens with zero attached hydrogens (tertiary/aromatic N) is 4. The normalized spacial score (nSPS) is 16.3. The van der Waals surface area contributed by atoms with Crippen LogP contribution < -0.4 is 9.80 Å². The Morgan fingerprint density at radius 3 is 1.29 bits per heavy atom. The van der Waals surface area contributed by atoms with Gasteiger partial charge < -0.3 is 9.80 Å². The van der Waals surface area contributed by atoms with E-state index in [0.29, 0.717) is 0 Å². The van der Waals surface area contributed by atoms with Crippen molar-refractivity contribution < 1.29 is 0 Å². The zero-order valence-electron chi connectivity index (χ0n) is 15.7. The van der Waals surface area contributed by atoms with Crippen LogP contribution in [0.15, 0.2) is 94.9 Å². The molecule has 0 saturated heterocycles. The summed E-state index contributed by atoms with van der Waals surface area (Å²) < 4.78 is 0. The summed E-state index contributed by atoms with van der Waals surface area (Å²) in [5, 5.41) is 0. The molecule has 2 aliphatic heterocycles. The number of rotatable bonds is 4. The molecule has 28 heavy (non-hydrogen) atoms. The van der Waals surface area contributed by atoms with Gasteiger partial charge in [0.25, 0.3) is 0 Å². The third-order valence-electron chi connectivity index (χ3n) is 5.22. The summed E-state index contributed by atoms with van der Waals surface area (Å²) in [5.41, 5.74) is 4.68. The zero-order chi connectivity index (χ0) is 18.8. The quantitative estimate of drug-likeness (QED) is 0.692. The number of aliphatic imine (C=N–C) groups is 2. The molecule has 0 saturated carbocycles. The Morgan fingerprint density at radius 1 is 0.500 bits per heavy atom. The summed E-state index contributed by atoms with van der Waals surface area (Å²) in [7, 11) is 0. The second kappa shape index (κ2) is 7.31. The van der Waals surface area contributed by atoms with E-state index < -0.39 is 0 Å². The highest BCUT2D eigenvalue weighted by atomic mass is 15.2. The summed E-state index contributed by atoms with van der Waals surface area (Å²) in [6, 6.07) is 29.6. The number of hydrogen-bond donors (Lipinski definition) is 0. The molecule has 0 amide bonds. The van der Waals surface area contributed by atoms with Gasteiger partial charge in [0.2, 0.25) is 0 Å². The summed E-state index contributed by atoms with van der Waals surface area (Å²) >= 11 is 0. The average Bonchev–Trinajstić information content (AvgIpc) is 3.45. The smallest absolute Gasteiger partial charge is 0.135 e. The first-order chi connectivity index (χ1) is 13.9. The maximum atomic E-state index is 4.76. The number of para-hydroxylation sites is 2. The molecule has 0 aliphatic carbocycles. The van der Waals surface area contributed by atoms with Crippen LogP contribution in [0.4, 0.5) is 11.4 Å². The van der Waals surface area contributed by atoms with E-state index in [2.05, 4.69) is 82.6 Å². The van der Waals surface area contributed by atoms with Crippen molar-refractivity contribution in [1.29, 1.82) is 0 Å². The van der Waals surface area contributed by atoms with E-state index in [0.717, 1.165) is 49.0 Å². The molecular weight excluding hydrogens is 344 g/mol. The first-order valence-corrected chi connectivity index (χ1v) is 9.75. The van der Waals surface area contributed by atoms with E-state index >= 15 is 0 Å². The summed E-state index contributed by atoms with van der Waals surface area (Å²) in [6.45, 7) is 3.52. The number of hydrogen-bond acceptors (Lipinski definition) is 4. The predicted molar refractivity (Wildman–Crippen MR) is 117 cm³/mol. The minimum absolute atomic E-state index is 0.834. The molecule has 0 bridgehead atoms. The van der Waals surface area contributed by atoms with Crippen LogP contribution >= 0.6 is 0 Å². The van der Waals surface area contributed by atoms with Crippen molar-refractivity contribution in [3.63, 3.8) is 0 Å². The fraction of sp³-hybridized carbons (Fsp3) is 0.167. The second-order valence-corrected chi connectivity index (χ2v) is 6.96. The largest absolute Gasteiger partial charge is 0.324 e. The van der Waals surface area contributed by atoms with E-state index in [-0.39, 0.29) is 0 Å².